The minimum atomic E-state index is -1.34. The highest BCUT2D eigenvalue weighted by Crippen LogP contribution is 2.22. The highest BCUT2D eigenvalue weighted by molar-refractivity contribution is 5.23. The molecule has 0 radical (unpaired) electrons. The number of halogens is 3. The SMILES string of the molecule is COCCC(NCC(O)c1c(F)cccc1F)c1ccc(F)cc1. The Bertz CT molecular complexity index is 629. The molecule has 2 N–H and O–H groups in total. The lowest BCUT2D eigenvalue weighted by Gasteiger charge is -2.21. The minimum Gasteiger partial charge on any atom is -0.387 e. The highest BCUT2D eigenvalue weighted by atomic mass is 19.1. The molecule has 2 unspecified atom stereocenters. The van der Waals surface area contributed by atoms with Crippen molar-refractivity contribution >= 4 is 0 Å². The van der Waals surface area contributed by atoms with Gasteiger partial charge < -0.3 is 15.2 Å². The molecule has 130 valence electrons. The molecule has 0 saturated carbocycles. The van der Waals surface area contributed by atoms with Gasteiger partial charge in [0.25, 0.3) is 0 Å². The number of aliphatic hydroxyl groups is 1. The molecule has 2 aromatic carbocycles. The summed E-state index contributed by atoms with van der Waals surface area (Å²) in [5.41, 5.74) is 0.434. The van der Waals surface area contributed by atoms with Gasteiger partial charge in [-0.05, 0) is 36.2 Å². The summed E-state index contributed by atoms with van der Waals surface area (Å²) in [6, 6.07) is 9.13. The zero-order valence-electron chi connectivity index (χ0n) is 13.3. The van der Waals surface area contributed by atoms with E-state index >= 15 is 0 Å². The normalized spacial score (nSPS) is 13.7. The maximum absolute atomic E-state index is 13.7. The fraction of sp³-hybridized carbons (Fsp3) is 0.333. The first-order valence-corrected chi connectivity index (χ1v) is 7.62. The van der Waals surface area contributed by atoms with Crippen molar-refractivity contribution in [2.45, 2.75) is 18.6 Å². The molecule has 0 saturated heterocycles. The molecular weight excluding hydrogens is 319 g/mol. The van der Waals surface area contributed by atoms with Gasteiger partial charge in [-0.2, -0.15) is 0 Å². The predicted molar refractivity (Wildman–Crippen MR) is 85.0 cm³/mol. The van der Waals surface area contributed by atoms with E-state index in [2.05, 4.69) is 5.32 Å². The van der Waals surface area contributed by atoms with Crippen LogP contribution in [0, 0.1) is 17.5 Å². The van der Waals surface area contributed by atoms with Crippen LogP contribution in [0.5, 0.6) is 0 Å². The van der Waals surface area contributed by atoms with E-state index in [1.54, 1.807) is 19.2 Å². The van der Waals surface area contributed by atoms with Crippen LogP contribution >= 0.6 is 0 Å². The molecule has 0 aliphatic heterocycles. The van der Waals surface area contributed by atoms with Gasteiger partial charge in [0.15, 0.2) is 0 Å². The van der Waals surface area contributed by atoms with Gasteiger partial charge in [-0.25, -0.2) is 13.2 Å². The number of aliphatic hydroxyl groups excluding tert-OH is 1. The Morgan fingerprint density at radius 2 is 1.67 bits per heavy atom. The van der Waals surface area contributed by atoms with Crippen molar-refractivity contribution in [2.75, 3.05) is 20.3 Å². The van der Waals surface area contributed by atoms with Gasteiger partial charge in [0, 0.05) is 26.3 Å². The smallest absolute Gasteiger partial charge is 0.131 e. The van der Waals surface area contributed by atoms with Crippen LogP contribution in [-0.2, 0) is 4.74 Å². The lowest BCUT2D eigenvalue weighted by Crippen LogP contribution is -2.28. The number of ether oxygens (including phenoxy) is 1. The van der Waals surface area contributed by atoms with Crippen LogP contribution in [-0.4, -0.2) is 25.4 Å². The first-order valence-electron chi connectivity index (χ1n) is 7.62. The second kappa shape index (κ2) is 8.82. The third-order valence-corrected chi connectivity index (χ3v) is 3.77. The lowest BCUT2D eigenvalue weighted by molar-refractivity contribution is 0.150. The van der Waals surface area contributed by atoms with Crippen molar-refractivity contribution in [1.29, 1.82) is 0 Å². The molecule has 2 rings (SSSR count). The highest BCUT2D eigenvalue weighted by Gasteiger charge is 2.19. The van der Waals surface area contributed by atoms with Gasteiger partial charge in [-0.15, -0.1) is 0 Å². The Morgan fingerprint density at radius 1 is 1.04 bits per heavy atom. The van der Waals surface area contributed by atoms with Crippen LogP contribution in [0.2, 0.25) is 0 Å². The lowest BCUT2D eigenvalue weighted by atomic mass is 10.0. The molecule has 0 aliphatic rings. The van der Waals surface area contributed by atoms with Gasteiger partial charge in [0.05, 0.1) is 11.7 Å². The first-order chi connectivity index (χ1) is 11.5. The van der Waals surface area contributed by atoms with Crippen LogP contribution in [0.15, 0.2) is 42.5 Å². The van der Waals surface area contributed by atoms with E-state index in [4.69, 9.17) is 4.74 Å². The summed E-state index contributed by atoms with van der Waals surface area (Å²) in [6.45, 7) is 0.392. The number of methoxy groups -OCH3 is 1. The third kappa shape index (κ3) is 4.80. The second-order valence-electron chi connectivity index (χ2n) is 5.44. The second-order valence-corrected chi connectivity index (χ2v) is 5.44. The largest absolute Gasteiger partial charge is 0.387 e. The zero-order chi connectivity index (χ0) is 17.5. The van der Waals surface area contributed by atoms with Gasteiger partial charge in [0.1, 0.15) is 17.5 Å². The summed E-state index contributed by atoms with van der Waals surface area (Å²) in [6.07, 6.45) is -0.772. The number of benzene rings is 2. The van der Waals surface area contributed by atoms with Crippen LogP contribution in [0.25, 0.3) is 0 Å². The molecule has 0 aliphatic carbocycles. The van der Waals surface area contributed by atoms with Gasteiger partial charge in [-0.1, -0.05) is 18.2 Å². The molecule has 3 nitrogen and oxygen atoms in total. The number of nitrogens with one attached hydrogen (secondary N) is 1. The van der Waals surface area contributed by atoms with E-state index in [0.29, 0.717) is 13.0 Å². The van der Waals surface area contributed by atoms with E-state index < -0.39 is 17.7 Å². The molecule has 0 aromatic heterocycles. The zero-order valence-corrected chi connectivity index (χ0v) is 13.3. The number of rotatable bonds is 8. The van der Waals surface area contributed by atoms with Crippen molar-refractivity contribution in [3.05, 3.63) is 71.0 Å². The van der Waals surface area contributed by atoms with Crippen molar-refractivity contribution in [2.24, 2.45) is 0 Å². The molecule has 2 aromatic rings. The quantitative estimate of drug-likeness (QED) is 0.773. The molecule has 0 spiro atoms. The number of hydrogen-bond donors (Lipinski definition) is 2. The number of hydrogen-bond acceptors (Lipinski definition) is 3. The molecular formula is C18H20F3NO2. The standard InChI is InChI=1S/C18H20F3NO2/c1-24-10-9-16(12-5-7-13(19)8-6-12)22-11-17(23)18-14(20)3-2-4-15(18)21/h2-8,16-17,22-23H,9-11H2,1H3. The summed E-state index contributed by atoms with van der Waals surface area (Å²) in [5, 5.41) is 13.2. The Hall–Kier alpha value is -1.89. The van der Waals surface area contributed by atoms with E-state index in [-0.39, 0.29) is 24.0 Å². The molecule has 6 heteroatoms. The summed E-state index contributed by atoms with van der Waals surface area (Å²) >= 11 is 0. The van der Waals surface area contributed by atoms with Crippen LogP contribution in [0.1, 0.15) is 29.7 Å². The Labute approximate surface area is 139 Å². The third-order valence-electron chi connectivity index (χ3n) is 3.77. The Morgan fingerprint density at radius 3 is 2.25 bits per heavy atom. The van der Waals surface area contributed by atoms with Crippen LogP contribution in [0.3, 0.4) is 0 Å². The maximum atomic E-state index is 13.7. The molecule has 24 heavy (non-hydrogen) atoms. The fourth-order valence-corrected chi connectivity index (χ4v) is 2.50. The van der Waals surface area contributed by atoms with Gasteiger partial charge in [0.2, 0.25) is 0 Å². The Balaban J connectivity index is 2.08. The minimum absolute atomic E-state index is 0.0520. The Kier molecular flexibility index (Phi) is 6.78. The van der Waals surface area contributed by atoms with Crippen molar-refractivity contribution in [3.8, 4) is 0 Å². The van der Waals surface area contributed by atoms with E-state index in [9.17, 15) is 18.3 Å². The monoisotopic (exact) mass is 339 g/mol. The van der Waals surface area contributed by atoms with Crippen molar-refractivity contribution in [1.82, 2.24) is 5.32 Å². The van der Waals surface area contributed by atoms with Crippen molar-refractivity contribution in [3.63, 3.8) is 0 Å². The fourth-order valence-electron chi connectivity index (χ4n) is 2.50. The average molecular weight is 339 g/mol. The molecule has 0 fully saturated rings. The molecule has 0 amide bonds. The summed E-state index contributed by atoms with van der Waals surface area (Å²) < 4.78 is 45.5. The molecule has 0 bridgehead atoms. The first kappa shape index (κ1) is 18.4. The summed E-state index contributed by atoms with van der Waals surface area (Å²) in [4.78, 5) is 0. The molecule has 2 atom stereocenters. The topological polar surface area (TPSA) is 41.5 Å². The van der Waals surface area contributed by atoms with E-state index in [1.165, 1.54) is 18.2 Å². The van der Waals surface area contributed by atoms with Gasteiger partial charge >= 0.3 is 0 Å². The van der Waals surface area contributed by atoms with Crippen LogP contribution in [0.4, 0.5) is 13.2 Å². The van der Waals surface area contributed by atoms with E-state index in [0.717, 1.165) is 17.7 Å². The summed E-state index contributed by atoms with van der Waals surface area (Å²) in [7, 11) is 1.56. The van der Waals surface area contributed by atoms with Gasteiger partial charge in [-0.3, -0.25) is 0 Å². The summed E-state index contributed by atoms with van der Waals surface area (Å²) in [5.74, 6) is -1.93. The maximum Gasteiger partial charge on any atom is 0.131 e. The predicted octanol–water partition coefficient (Wildman–Crippen LogP) is 3.50. The van der Waals surface area contributed by atoms with Crippen LogP contribution < -0.4 is 5.32 Å². The molecule has 0 heterocycles. The van der Waals surface area contributed by atoms with E-state index in [1.807, 2.05) is 0 Å². The average Bonchev–Trinajstić information content (AvgIpc) is 2.56. The van der Waals surface area contributed by atoms with Crippen molar-refractivity contribution < 1.29 is 23.0 Å².